The fourth-order valence-electron chi connectivity index (χ4n) is 3.62. The molecule has 4 aromatic rings. The van der Waals surface area contributed by atoms with Crippen LogP contribution < -0.4 is 5.32 Å². The summed E-state index contributed by atoms with van der Waals surface area (Å²) >= 11 is 8.80. The van der Waals surface area contributed by atoms with E-state index in [1.54, 1.807) is 16.7 Å². The third kappa shape index (κ3) is 4.87. The van der Waals surface area contributed by atoms with Gasteiger partial charge in [0.2, 0.25) is 11.0 Å². The summed E-state index contributed by atoms with van der Waals surface area (Å²) in [5, 5.41) is 23.3. The second-order valence-electron chi connectivity index (χ2n) is 7.55. The maximum atomic E-state index is 13.3. The van der Waals surface area contributed by atoms with Crippen molar-refractivity contribution in [1.29, 1.82) is 0 Å². The minimum atomic E-state index is -0.307. The summed E-state index contributed by atoms with van der Waals surface area (Å²) in [5.74, 6) is -0.348. The van der Waals surface area contributed by atoms with Gasteiger partial charge in [0.25, 0.3) is 0 Å². The van der Waals surface area contributed by atoms with Crippen molar-refractivity contribution in [2.24, 2.45) is 10.2 Å². The van der Waals surface area contributed by atoms with Crippen LogP contribution in [0.1, 0.15) is 16.7 Å². The van der Waals surface area contributed by atoms with E-state index in [-0.39, 0.29) is 16.8 Å². The van der Waals surface area contributed by atoms with E-state index in [9.17, 15) is 9.50 Å². The fourth-order valence-corrected chi connectivity index (χ4v) is 4.14. The van der Waals surface area contributed by atoms with E-state index in [1.807, 2.05) is 44.2 Å². The van der Waals surface area contributed by atoms with Gasteiger partial charge in [0, 0.05) is 15.5 Å². The molecule has 0 spiro atoms. The molecule has 0 radical (unpaired) electrons. The molecule has 3 aromatic carbocycles. The number of benzene rings is 3. The average Bonchev–Trinajstić information content (AvgIpc) is 2.97. The lowest BCUT2D eigenvalue weighted by Crippen LogP contribution is -2.05. The molecular formula is C24H20BrFN4OS. The summed E-state index contributed by atoms with van der Waals surface area (Å²) in [5.41, 5.74) is 4.98. The van der Waals surface area contributed by atoms with Gasteiger partial charge in [-0.25, -0.2) is 4.39 Å². The molecule has 0 fully saturated rings. The number of hydrogen-bond acceptors (Lipinski definition) is 3. The second-order valence-corrected chi connectivity index (χ2v) is 8.86. The minimum absolute atomic E-state index is 0.0413. The third-order valence-corrected chi connectivity index (χ3v) is 5.62. The van der Waals surface area contributed by atoms with Gasteiger partial charge in [-0.2, -0.15) is 0 Å². The highest BCUT2D eigenvalue weighted by Gasteiger charge is 2.17. The first kappa shape index (κ1) is 22.1. The highest BCUT2D eigenvalue weighted by Crippen LogP contribution is 2.40. The van der Waals surface area contributed by atoms with Crippen molar-refractivity contribution >= 4 is 55.5 Å². The number of fused-ring (bicyclic) bond motifs is 1. The lowest BCUT2D eigenvalue weighted by molar-refractivity contribution is 0.429. The van der Waals surface area contributed by atoms with Crippen LogP contribution >= 0.6 is 28.1 Å². The van der Waals surface area contributed by atoms with Crippen LogP contribution in [0.15, 0.2) is 75.4 Å². The first-order valence-corrected chi connectivity index (χ1v) is 11.1. The van der Waals surface area contributed by atoms with Gasteiger partial charge in [0.15, 0.2) is 5.69 Å². The Morgan fingerprint density at radius 1 is 1.06 bits per heavy atom. The van der Waals surface area contributed by atoms with Gasteiger partial charge in [0.1, 0.15) is 5.82 Å². The molecule has 0 atom stereocenters. The number of thiocarbonyl (C=S) groups is 1. The quantitative estimate of drug-likeness (QED) is 0.222. The molecule has 0 unspecified atom stereocenters. The molecule has 1 heterocycles. The SMILES string of the molecule is Cc1cc(C)cc(NC(=S)N=Nc2c(O)n(Cc3ccc(F)cc3)c3ccc(Br)cc23)c1. The number of azo groups is 1. The predicted octanol–water partition coefficient (Wildman–Crippen LogP) is 7.39. The Morgan fingerprint density at radius 3 is 2.44 bits per heavy atom. The first-order valence-electron chi connectivity index (χ1n) is 9.86. The topological polar surface area (TPSA) is 61.9 Å². The van der Waals surface area contributed by atoms with E-state index in [2.05, 4.69) is 37.5 Å². The van der Waals surface area contributed by atoms with Crippen molar-refractivity contribution in [2.45, 2.75) is 20.4 Å². The zero-order chi connectivity index (χ0) is 22.8. The molecule has 0 amide bonds. The number of nitrogens with one attached hydrogen (secondary N) is 1. The van der Waals surface area contributed by atoms with E-state index >= 15 is 0 Å². The van der Waals surface area contributed by atoms with Crippen LogP contribution in [0.3, 0.4) is 0 Å². The molecule has 0 aliphatic heterocycles. The fraction of sp³-hybridized carbons (Fsp3) is 0.125. The van der Waals surface area contributed by atoms with E-state index in [0.717, 1.165) is 37.8 Å². The van der Waals surface area contributed by atoms with Gasteiger partial charge in [0.05, 0.1) is 12.1 Å². The maximum absolute atomic E-state index is 13.3. The molecule has 0 saturated carbocycles. The lowest BCUT2D eigenvalue weighted by atomic mass is 10.1. The van der Waals surface area contributed by atoms with Gasteiger partial charge in [-0.15, -0.1) is 10.2 Å². The van der Waals surface area contributed by atoms with Crippen molar-refractivity contribution in [2.75, 3.05) is 5.32 Å². The number of hydrogen-bond donors (Lipinski definition) is 2. The second kappa shape index (κ2) is 9.18. The molecule has 0 aliphatic carbocycles. The van der Waals surface area contributed by atoms with Crippen LogP contribution in [0, 0.1) is 19.7 Å². The molecular weight excluding hydrogens is 491 g/mol. The van der Waals surface area contributed by atoms with Crippen molar-refractivity contribution in [1.82, 2.24) is 4.57 Å². The third-order valence-electron chi connectivity index (χ3n) is 4.94. The summed E-state index contributed by atoms with van der Waals surface area (Å²) in [6.45, 7) is 4.37. The number of aromatic hydroxyl groups is 1. The Labute approximate surface area is 198 Å². The summed E-state index contributed by atoms with van der Waals surface area (Å²) in [6, 6.07) is 17.8. The largest absolute Gasteiger partial charge is 0.493 e. The van der Waals surface area contributed by atoms with Crippen LogP contribution in [-0.4, -0.2) is 14.8 Å². The summed E-state index contributed by atoms with van der Waals surface area (Å²) in [6.07, 6.45) is 0. The molecule has 4 rings (SSSR count). The van der Waals surface area contributed by atoms with Crippen LogP contribution in [0.25, 0.3) is 10.9 Å². The number of aryl methyl sites for hydroxylation is 2. The average molecular weight is 511 g/mol. The van der Waals surface area contributed by atoms with Crippen molar-refractivity contribution in [3.63, 3.8) is 0 Å². The Hall–Kier alpha value is -3.10. The zero-order valence-corrected chi connectivity index (χ0v) is 19.8. The lowest BCUT2D eigenvalue weighted by Gasteiger charge is -2.07. The molecule has 32 heavy (non-hydrogen) atoms. The highest BCUT2D eigenvalue weighted by atomic mass is 79.9. The minimum Gasteiger partial charge on any atom is -0.493 e. The monoisotopic (exact) mass is 510 g/mol. The van der Waals surface area contributed by atoms with Crippen molar-refractivity contribution in [3.8, 4) is 5.88 Å². The van der Waals surface area contributed by atoms with Crippen LogP contribution in [-0.2, 0) is 6.54 Å². The Morgan fingerprint density at radius 2 is 1.75 bits per heavy atom. The smallest absolute Gasteiger partial charge is 0.221 e. The molecule has 0 bridgehead atoms. The standard InChI is InChI=1S/C24H20BrFN4OS/c1-14-9-15(2)11-19(10-14)27-24(32)29-28-22-20-12-17(25)5-8-21(20)30(23(22)31)13-16-3-6-18(26)7-4-16/h3-12,31H,13H2,1-2H3,(H,27,32). The van der Waals surface area contributed by atoms with E-state index < -0.39 is 0 Å². The molecule has 162 valence electrons. The van der Waals surface area contributed by atoms with Gasteiger partial charge >= 0.3 is 0 Å². The van der Waals surface area contributed by atoms with Gasteiger partial charge in [-0.1, -0.05) is 34.1 Å². The van der Waals surface area contributed by atoms with Gasteiger partial charge < -0.3 is 15.0 Å². The van der Waals surface area contributed by atoms with Gasteiger partial charge in [-0.3, -0.25) is 0 Å². The number of halogens is 2. The Bertz CT molecular complexity index is 1330. The summed E-state index contributed by atoms with van der Waals surface area (Å²) in [4.78, 5) is 0. The van der Waals surface area contributed by atoms with Crippen molar-refractivity contribution < 1.29 is 9.50 Å². The number of anilines is 1. The summed E-state index contributed by atoms with van der Waals surface area (Å²) in [7, 11) is 0. The molecule has 0 aliphatic rings. The van der Waals surface area contributed by atoms with E-state index in [0.29, 0.717) is 12.2 Å². The first-order chi connectivity index (χ1) is 15.3. The molecule has 5 nitrogen and oxygen atoms in total. The highest BCUT2D eigenvalue weighted by molar-refractivity contribution is 9.10. The number of nitrogens with zero attached hydrogens (tertiary/aromatic N) is 3. The van der Waals surface area contributed by atoms with Crippen molar-refractivity contribution in [3.05, 3.63) is 87.6 Å². The number of aromatic nitrogens is 1. The summed E-state index contributed by atoms with van der Waals surface area (Å²) < 4.78 is 15.8. The van der Waals surface area contributed by atoms with Crippen LogP contribution in [0.2, 0.25) is 0 Å². The Balaban J connectivity index is 1.67. The maximum Gasteiger partial charge on any atom is 0.221 e. The molecule has 1 aromatic heterocycles. The van der Waals surface area contributed by atoms with E-state index in [4.69, 9.17) is 12.2 Å². The predicted molar refractivity (Wildman–Crippen MR) is 133 cm³/mol. The normalized spacial score (nSPS) is 11.4. The molecule has 0 saturated heterocycles. The zero-order valence-electron chi connectivity index (χ0n) is 17.4. The van der Waals surface area contributed by atoms with Crippen LogP contribution in [0.4, 0.5) is 15.8 Å². The van der Waals surface area contributed by atoms with Gasteiger partial charge in [-0.05, 0) is 85.2 Å². The molecule has 8 heteroatoms. The van der Waals surface area contributed by atoms with E-state index in [1.165, 1.54) is 12.1 Å². The Kier molecular flexibility index (Phi) is 6.34. The molecule has 2 N–H and O–H groups in total. The number of rotatable bonds is 4. The van der Waals surface area contributed by atoms with Crippen LogP contribution in [0.5, 0.6) is 5.88 Å².